The topological polar surface area (TPSA) is 230 Å². The summed E-state index contributed by atoms with van der Waals surface area (Å²) in [5.74, 6) is -1.32. The number of allylic oxidation sites excluding steroid dienone is 13. The van der Waals surface area contributed by atoms with E-state index in [0.29, 0.717) is 6.42 Å². The van der Waals surface area contributed by atoms with E-state index < -0.39 is 81.8 Å². The van der Waals surface area contributed by atoms with Crippen LogP contribution in [0.4, 0.5) is 0 Å². The first-order chi connectivity index (χ1) is 32.3. The van der Waals surface area contributed by atoms with Gasteiger partial charge in [-0.2, -0.15) is 0 Å². The number of carbonyl (C=O) groups is 2. The highest BCUT2D eigenvalue weighted by molar-refractivity contribution is 7.47. The Morgan fingerprint density at radius 3 is 1.55 bits per heavy atom. The largest absolute Gasteiger partial charge is 0.472 e. The van der Waals surface area contributed by atoms with E-state index in [1.165, 1.54) is 44.9 Å². The van der Waals surface area contributed by atoms with Crippen LogP contribution in [0.1, 0.15) is 168 Å². The maximum atomic E-state index is 12.8. The van der Waals surface area contributed by atoms with Crippen molar-refractivity contribution < 1.29 is 68.2 Å². The van der Waals surface area contributed by atoms with E-state index in [9.17, 15) is 49.7 Å². The number of aliphatic hydroxyl groups is 6. The molecule has 0 aromatic heterocycles. The number of esters is 2. The number of unbranched alkanes of at least 4 members (excludes halogenated alkanes) is 13. The van der Waals surface area contributed by atoms with Gasteiger partial charge in [-0.1, -0.05) is 157 Å². The van der Waals surface area contributed by atoms with Crippen molar-refractivity contribution in [3.63, 3.8) is 0 Å². The maximum Gasteiger partial charge on any atom is 0.472 e. The Labute approximate surface area is 401 Å². The Morgan fingerprint density at radius 2 is 0.985 bits per heavy atom. The summed E-state index contributed by atoms with van der Waals surface area (Å²) in [7, 11) is -5.18. The molecule has 0 heterocycles. The van der Waals surface area contributed by atoms with Gasteiger partial charge in [-0.15, -0.1) is 0 Å². The van der Waals surface area contributed by atoms with Gasteiger partial charge in [0, 0.05) is 12.8 Å². The summed E-state index contributed by atoms with van der Waals surface area (Å²) in [5, 5.41) is 60.5. The first-order valence-electron chi connectivity index (χ1n) is 25.0. The highest BCUT2D eigenvalue weighted by atomic mass is 31.2. The van der Waals surface area contributed by atoms with Crippen molar-refractivity contribution in [1.82, 2.24) is 0 Å². The summed E-state index contributed by atoms with van der Waals surface area (Å²) in [6.45, 7) is 3.07. The number of hydrogen-bond acceptors (Lipinski definition) is 13. The number of phosphoric ester groups is 1. The molecule has 0 aliphatic heterocycles. The molecule has 0 spiro atoms. The first kappa shape index (κ1) is 62.0. The number of aliphatic hydroxyl groups excluding tert-OH is 6. The Morgan fingerprint density at radius 1 is 0.537 bits per heavy atom. The predicted molar refractivity (Wildman–Crippen MR) is 264 cm³/mol. The summed E-state index contributed by atoms with van der Waals surface area (Å²) in [5.41, 5.74) is 0. The first-order valence-corrected chi connectivity index (χ1v) is 26.5. The summed E-state index contributed by atoms with van der Waals surface area (Å²) >= 11 is 0. The molecule has 14 nitrogen and oxygen atoms in total. The van der Waals surface area contributed by atoms with Gasteiger partial charge >= 0.3 is 19.8 Å². The van der Waals surface area contributed by atoms with Crippen molar-refractivity contribution >= 4 is 19.8 Å². The van der Waals surface area contributed by atoms with Crippen LogP contribution < -0.4 is 0 Å². The van der Waals surface area contributed by atoms with Gasteiger partial charge in [-0.05, 0) is 83.5 Å². The van der Waals surface area contributed by atoms with Gasteiger partial charge in [0.2, 0.25) is 0 Å². The van der Waals surface area contributed by atoms with Crippen molar-refractivity contribution in [3.05, 3.63) is 85.1 Å². The van der Waals surface area contributed by atoms with Crippen molar-refractivity contribution in [3.8, 4) is 0 Å². The third-order valence-electron chi connectivity index (χ3n) is 11.1. The van der Waals surface area contributed by atoms with E-state index in [4.69, 9.17) is 18.5 Å². The van der Waals surface area contributed by atoms with Crippen LogP contribution in [0.15, 0.2) is 85.1 Å². The van der Waals surface area contributed by atoms with Gasteiger partial charge in [-0.3, -0.25) is 18.6 Å². The number of hydrogen-bond donors (Lipinski definition) is 7. The smallest absolute Gasteiger partial charge is 0.462 e. The molecule has 67 heavy (non-hydrogen) atoms. The van der Waals surface area contributed by atoms with Gasteiger partial charge in [0.15, 0.2) is 6.10 Å². The molecule has 0 aromatic carbocycles. The SMILES string of the molecule is CCCCC/C=C\C/C=C\C/C=C\C=C\[C@@H](O)CCCC(=O)OC[C@H](COP(=O)(O)OC1[C@H](O)[C@H](O)C(O)[C@H](O)[C@H]1O)OC(=O)CCCCCCCC/C=C\C/C=C\C/C=C\CCCCCC. The zero-order valence-corrected chi connectivity index (χ0v) is 41.4. The van der Waals surface area contributed by atoms with Crippen LogP contribution in [0.5, 0.6) is 0 Å². The molecular formula is C52H87O14P. The Balaban J connectivity index is 2.52. The molecule has 1 fully saturated rings. The molecule has 384 valence electrons. The summed E-state index contributed by atoms with van der Waals surface area (Å²) < 4.78 is 33.4. The third-order valence-corrected chi connectivity index (χ3v) is 12.0. The van der Waals surface area contributed by atoms with Crippen molar-refractivity contribution in [2.45, 2.75) is 217 Å². The molecule has 0 bridgehead atoms. The minimum Gasteiger partial charge on any atom is -0.462 e. The molecule has 0 amide bonds. The molecular weight excluding hydrogens is 880 g/mol. The minimum atomic E-state index is -5.18. The lowest BCUT2D eigenvalue weighted by atomic mass is 9.85. The number of carbonyl (C=O) groups excluding carboxylic acids is 2. The van der Waals surface area contributed by atoms with E-state index in [1.54, 1.807) is 12.2 Å². The Hall–Kier alpha value is -3.01. The van der Waals surface area contributed by atoms with Crippen LogP contribution in [-0.2, 0) is 32.7 Å². The molecule has 7 N–H and O–H groups in total. The van der Waals surface area contributed by atoms with E-state index >= 15 is 0 Å². The molecule has 1 aliphatic carbocycles. The standard InChI is InChI=1S/C52H87O14P/c1-3-5-7-9-11-13-15-17-18-19-20-21-22-23-25-27-29-31-33-35-39-46(55)65-44(42-64-67(61,62)66-52-50(59)48(57)47(56)49(58)51(52)60)41-63-45(54)40-36-38-43(53)37-34-32-30-28-26-24-16-14-12-10-8-6-4-2/h12-15,18-19,21-22,24,26,30,32,34,37,43-44,47-53,56-60H,3-11,16-17,20,23,25,27-29,31,33,35-36,38-42H2,1-2H3,(H,61,62)/b14-12-,15-13-,19-18-,22-21-,26-24-,32-30-,37-34+/t43-,44-,47?,48-,49+,50-,51-,52?/m1/s1. The number of phosphoric acid groups is 1. The Bertz CT molecular complexity index is 1510. The zero-order valence-electron chi connectivity index (χ0n) is 40.5. The monoisotopic (exact) mass is 967 g/mol. The highest BCUT2D eigenvalue weighted by Crippen LogP contribution is 2.47. The van der Waals surface area contributed by atoms with E-state index in [2.05, 4.69) is 74.6 Å². The van der Waals surface area contributed by atoms with Crippen molar-refractivity contribution in [2.75, 3.05) is 13.2 Å². The molecule has 1 rings (SSSR count). The second-order valence-electron chi connectivity index (χ2n) is 17.2. The van der Waals surface area contributed by atoms with Crippen LogP contribution in [0, 0.1) is 0 Å². The fourth-order valence-electron chi connectivity index (χ4n) is 6.98. The Kier molecular flexibility index (Phi) is 37.8. The fraction of sp³-hybridized carbons (Fsp3) is 0.692. The van der Waals surface area contributed by atoms with Gasteiger partial charge in [0.25, 0.3) is 0 Å². The van der Waals surface area contributed by atoms with Gasteiger partial charge in [-0.25, -0.2) is 4.57 Å². The van der Waals surface area contributed by atoms with Crippen LogP contribution >= 0.6 is 7.82 Å². The third kappa shape index (κ3) is 33.2. The second-order valence-corrected chi connectivity index (χ2v) is 18.6. The quantitative estimate of drug-likeness (QED) is 0.00998. The summed E-state index contributed by atoms with van der Waals surface area (Å²) in [6.07, 6.45) is 36.4. The predicted octanol–water partition coefficient (Wildman–Crippen LogP) is 9.42. The lowest BCUT2D eigenvalue weighted by Crippen LogP contribution is -2.64. The molecule has 0 aromatic rings. The molecule has 1 aliphatic rings. The van der Waals surface area contributed by atoms with Gasteiger partial charge in [0.1, 0.15) is 43.2 Å². The van der Waals surface area contributed by atoms with E-state index in [-0.39, 0.29) is 25.7 Å². The lowest BCUT2D eigenvalue weighted by molar-refractivity contribution is -0.220. The summed E-state index contributed by atoms with van der Waals surface area (Å²) in [4.78, 5) is 35.8. The second kappa shape index (κ2) is 40.8. The molecule has 1 saturated carbocycles. The average molecular weight is 967 g/mol. The van der Waals surface area contributed by atoms with Gasteiger partial charge < -0.3 is 45.0 Å². The van der Waals surface area contributed by atoms with Crippen LogP contribution in [0.25, 0.3) is 0 Å². The van der Waals surface area contributed by atoms with Crippen LogP contribution in [-0.4, -0.2) is 110 Å². The molecule has 15 heteroatoms. The molecule has 0 radical (unpaired) electrons. The molecule has 0 saturated heterocycles. The van der Waals surface area contributed by atoms with Crippen molar-refractivity contribution in [1.29, 1.82) is 0 Å². The van der Waals surface area contributed by atoms with Crippen molar-refractivity contribution in [2.24, 2.45) is 0 Å². The van der Waals surface area contributed by atoms with E-state index in [1.807, 2.05) is 12.2 Å². The molecule has 3 unspecified atom stereocenters. The normalized spacial score (nSPS) is 22.3. The summed E-state index contributed by atoms with van der Waals surface area (Å²) in [6, 6.07) is 0. The fourth-order valence-corrected chi connectivity index (χ4v) is 7.96. The number of ether oxygens (including phenoxy) is 2. The highest BCUT2D eigenvalue weighted by Gasteiger charge is 2.51. The minimum absolute atomic E-state index is 0.0371. The average Bonchev–Trinajstić information content (AvgIpc) is 3.30. The number of rotatable bonds is 40. The van der Waals surface area contributed by atoms with Crippen LogP contribution in [0.2, 0.25) is 0 Å². The molecule has 9 atom stereocenters. The van der Waals surface area contributed by atoms with Crippen LogP contribution in [0.3, 0.4) is 0 Å². The zero-order chi connectivity index (χ0) is 49.4. The lowest BCUT2D eigenvalue weighted by Gasteiger charge is -2.41. The van der Waals surface area contributed by atoms with E-state index in [0.717, 1.165) is 77.0 Å². The van der Waals surface area contributed by atoms with Gasteiger partial charge in [0.05, 0.1) is 12.7 Å². The maximum absolute atomic E-state index is 12.8.